The standard InChI is InChI=1S/C18H18N4O3/c1-11-4-5-15-13(7-11)14(8-16(23)20-15)18(24)22-6-2-3-12(9-22)17-19-10-25-21-17/h4-5,7-8,10,12H,2-3,6,9H2,1H3,(H,20,23)/t12-/m0/s1. The van der Waals surface area contributed by atoms with Crippen molar-refractivity contribution in [3.05, 3.63) is 58.0 Å². The van der Waals surface area contributed by atoms with Gasteiger partial charge >= 0.3 is 0 Å². The molecule has 1 N–H and O–H groups in total. The van der Waals surface area contributed by atoms with Gasteiger partial charge in [0.1, 0.15) is 0 Å². The Labute approximate surface area is 143 Å². The Kier molecular flexibility index (Phi) is 3.83. The highest BCUT2D eigenvalue weighted by Gasteiger charge is 2.28. The van der Waals surface area contributed by atoms with Crippen LogP contribution >= 0.6 is 0 Å². The molecule has 1 amide bonds. The highest BCUT2D eigenvalue weighted by atomic mass is 16.5. The molecule has 1 atom stereocenters. The smallest absolute Gasteiger partial charge is 0.254 e. The fourth-order valence-corrected chi connectivity index (χ4v) is 3.45. The fourth-order valence-electron chi connectivity index (χ4n) is 3.45. The van der Waals surface area contributed by atoms with Crippen molar-refractivity contribution in [1.29, 1.82) is 0 Å². The van der Waals surface area contributed by atoms with Crippen LogP contribution in [0, 0.1) is 6.92 Å². The largest absolute Gasteiger partial charge is 0.343 e. The minimum Gasteiger partial charge on any atom is -0.343 e. The van der Waals surface area contributed by atoms with Crippen LogP contribution in [0.15, 0.2) is 40.0 Å². The number of rotatable bonds is 2. The molecular weight excluding hydrogens is 320 g/mol. The second-order valence-corrected chi connectivity index (χ2v) is 6.48. The zero-order chi connectivity index (χ0) is 17.4. The second-order valence-electron chi connectivity index (χ2n) is 6.48. The Hall–Kier alpha value is -2.96. The lowest BCUT2D eigenvalue weighted by Gasteiger charge is -2.31. The van der Waals surface area contributed by atoms with Gasteiger partial charge in [0.25, 0.3) is 5.91 Å². The lowest BCUT2D eigenvalue weighted by Crippen LogP contribution is -2.39. The summed E-state index contributed by atoms with van der Waals surface area (Å²) < 4.78 is 4.82. The summed E-state index contributed by atoms with van der Waals surface area (Å²) in [6.07, 6.45) is 3.09. The summed E-state index contributed by atoms with van der Waals surface area (Å²) in [5, 5.41) is 4.67. The fraction of sp³-hybridized carbons (Fsp3) is 0.333. The van der Waals surface area contributed by atoms with Gasteiger partial charge in [-0.1, -0.05) is 16.8 Å². The van der Waals surface area contributed by atoms with Gasteiger partial charge in [-0.2, -0.15) is 4.98 Å². The molecule has 3 aromatic rings. The SMILES string of the molecule is Cc1ccc2[nH]c(=O)cc(C(=O)N3CCC[C@H](c4ncon4)C3)c2c1. The maximum Gasteiger partial charge on any atom is 0.254 e. The molecule has 1 aliphatic heterocycles. The van der Waals surface area contributed by atoms with Crippen LogP contribution in [0.5, 0.6) is 0 Å². The van der Waals surface area contributed by atoms with Gasteiger partial charge in [-0.3, -0.25) is 9.59 Å². The number of amides is 1. The molecule has 7 nitrogen and oxygen atoms in total. The Balaban J connectivity index is 1.70. The average Bonchev–Trinajstić information content (AvgIpc) is 3.16. The number of aryl methyl sites for hydroxylation is 1. The van der Waals surface area contributed by atoms with Crippen LogP contribution in [0.4, 0.5) is 0 Å². The van der Waals surface area contributed by atoms with Crippen molar-refractivity contribution in [2.45, 2.75) is 25.7 Å². The zero-order valence-corrected chi connectivity index (χ0v) is 13.9. The van der Waals surface area contributed by atoms with Crippen LogP contribution in [-0.2, 0) is 0 Å². The van der Waals surface area contributed by atoms with Gasteiger partial charge in [0.05, 0.1) is 5.56 Å². The van der Waals surface area contributed by atoms with Gasteiger partial charge in [-0.05, 0) is 31.9 Å². The second kappa shape index (κ2) is 6.16. The lowest BCUT2D eigenvalue weighted by atomic mass is 9.96. The highest BCUT2D eigenvalue weighted by Crippen LogP contribution is 2.26. The number of nitrogens with zero attached hydrogens (tertiary/aromatic N) is 3. The van der Waals surface area contributed by atoms with Crippen LogP contribution in [0.3, 0.4) is 0 Å². The average molecular weight is 338 g/mol. The van der Waals surface area contributed by atoms with Gasteiger partial charge in [0, 0.05) is 36.0 Å². The van der Waals surface area contributed by atoms with E-state index in [2.05, 4.69) is 15.1 Å². The molecule has 128 valence electrons. The molecule has 1 aliphatic rings. The number of aromatic nitrogens is 3. The van der Waals surface area contributed by atoms with Crippen molar-refractivity contribution in [2.24, 2.45) is 0 Å². The molecule has 0 radical (unpaired) electrons. The summed E-state index contributed by atoms with van der Waals surface area (Å²) in [6.45, 7) is 3.15. The first-order valence-electron chi connectivity index (χ1n) is 8.31. The lowest BCUT2D eigenvalue weighted by molar-refractivity contribution is 0.0705. The molecule has 0 bridgehead atoms. The molecule has 1 saturated heterocycles. The van der Waals surface area contributed by atoms with Crippen LogP contribution in [0.25, 0.3) is 10.9 Å². The first kappa shape index (κ1) is 15.6. The van der Waals surface area contributed by atoms with E-state index in [0.717, 1.165) is 23.8 Å². The minimum atomic E-state index is -0.272. The van der Waals surface area contributed by atoms with Crippen LogP contribution in [0.2, 0.25) is 0 Å². The summed E-state index contributed by atoms with van der Waals surface area (Å²) >= 11 is 0. The van der Waals surface area contributed by atoms with Crippen molar-refractivity contribution in [1.82, 2.24) is 20.0 Å². The molecule has 1 aromatic carbocycles. The number of piperidine rings is 1. The Morgan fingerprint density at radius 3 is 3.04 bits per heavy atom. The van der Waals surface area contributed by atoms with Crippen molar-refractivity contribution in [3.8, 4) is 0 Å². The monoisotopic (exact) mass is 338 g/mol. The van der Waals surface area contributed by atoms with E-state index in [4.69, 9.17) is 4.52 Å². The van der Waals surface area contributed by atoms with Gasteiger partial charge < -0.3 is 14.4 Å². The number of benzene rings is 1. The highest BCUT2D eigenvalue weighted by molar-refractivity contribution is 6.06. The number of aromatic amines is 1. The third-order valence-electron chi connectivity index (χ3n) is 4.68. The van der Waals surface area contributed by atoms with Crippen molar-refractivity contribution >= 4 is 16.8 Å². The zero-order valence-electron chi connectivity index (χ0n) is 13.9. The van der Waals surface area contributed by atoms with Gasteiger partial charge in [0.2, 0.25) is 12.0 Å². The Morgan fingerprint density at radius 1 is 1.36 bits per heavy atom. The number of carbonyl (C=O) groups excluding carboxylic acids is 1. The predicted molar refractivity (Wildman–Crippen MR) is 91.5 cm³/mol. The number of H-pyrrole nitrogens is 1. The van der Waals surface area contributed by atoms with E-state index in [0.29, 0.717) is 30.0 Å². The maximum atomic E-state index is 13.1. The van der Waals surface area contributed by atoms with Crippen molar-refractivity contribution in [2.75, 3.05) is 13.1 Å². The number of carbonyl (C=O) groups is 1. The van der Waals surface area contributed by atoms with Crippen LogP contribution in [-0.4, -0.2) is 39.0 Å². The summed E-state index contributed by atoms with van der Waals surface area (Å²) in [6, 6.07) is 7.07. The summed E-state index contributed by atoms with van der Waals surface area (Å²) in [4.78, 5) is 33.7. The number of likely N-dealkylation sites (tertiary alicyclic amines) is 1. The van der Waals surface area contributed by atoms with E-state index in [1.807, 2.05) is 25.1 Å². The van der Waals surface area contributed by atoms with Crippen LogP contribution < -0.4 is 5.56 Å². The van der Waals surface area contributed by atoms with Gasteiger partial charge in [-0.25, -0.2) is 0 Å². The summed E-state index contributed by atoms with van der Waals surface area (Å²) in [5.74, 6) is 0.561. The number of fused-ring (bicyclic) bond motifs is 1. The Morgan fingerprint density at radius 2 is 2.24 bits per heavy atom. The number of pyridine rings is 1. The molecule has 0 aliphatic carbocycles. The molecule has 25 heavy (non-hydrogen) atoms. The number of hydrogen-bond acceptors (Lipinski definition) is 5. The molecule has 0 unspecified atom stereocenters. The normalized spacial score (nSPS) is 17.8. The van der Waals surface area contributed by atoms with Gasteiger partial charge in [0.15, 0.2) is 5.82 Å². The number of nitrogens with one attached hydrogen (secondary N) is 1. The molecule has 0 spiro atoms. The quantitative estimate of drug-likeness (QED) is 0.773. The van der Waals surface area contributed by atoms with E-state index < -0.39 is 0 Å². The summed E-state index contributed by atoms with van der Waals surface area (Å²) in [5.41, 5.74) is 1.88. The third-order valence-corrected chi connectivity index (χ3v) is 4.68. The first-order chi connectivity index (χ1) is 12.1. The molecule has 7 heteroatoms. The van der Waals surface area contributed by atoms with E-state index in [9.17, 15) is 9.59 Å². The van der Waals surface area contributed by atoms with E-state index in [1.54, 1.807) is 4.90 Å². The first-order valence-corrected chi connectivity index (χ1v) is 8.31. The van der Waals surface area contributed by atoms with E-state index in [-0.39, 0.29) is 17.4 Å². The van der Waals surface area contributed by atoms with Crippen molar-refractivity contribution in [3.63, 3.8) is 0 Å². The molecule has 0 saturated carbocycles. The van der Waals surface area contributed by atoms with Crippen molar-refractivity contribution < 1.29 is 9.32 Å². The topological polar surface area (TPSA) is 92.1 Å². The molecule has 1 fully saturated rings. The number of hydrogen-bond donors (Lipinski definition) is 1. The maximum absolute atomic E-state index is 13.1. The molecular formula is C18H18N4O3. The Bertz CT molecular complexity index is 978. The van der Waals surface area contributed by atoms with E-state index >= 15 is 0 Å². The third kappa shape index (κ3) is 2.93. The predicted octanol–water partition coefficient (Wildman–Crippen LogP) is 2.24. The summed E-state index contributed by atoms with van der Waals surface area (Å²) in [7, 11) is 0. The van der Waals surface area contributed by atoms with Gasteiger partial charge in [-0.15, -0.1) is 0 Å². The molecule has 4 rings (SSSR count). The van der Waals surface area contributed by atoms with E-state index in [1.165, 1.54) is 12.5 Å². The van der Waals surface area contributed by atoms with Crippen LogP contribution in [0.1, 0.15) is 40.5 Å². The molecule has 2 aromatic heterocycles. The minimum absolute atomic E-state index is 0.0615. The molecule has 3 heterocycles.